The van der Waals surface area contributed by atoms with Gasteiger partial charge in [0.25, 0.3) is 0 Å². The van der Waals surface area contributed by atoms with Gasteiger partial charge in [0, 0.05) is 24.0 Å². The van der Waals surface area contributed by atoms with Gasteiger partial charge >= 0.3 is 17.8 Å². The second-order valence-electron chi connectivity index (χ2n) is 6.05. The lowest BCUT2D eigenvalue weighted by molar-refractivity contribution is 0.0633. The van der Waals surface area contributed by atoms with Crippen LogP contribution in [0.4, 0.5) is 6.01 Å². The van der Waals surface area contributed by atoms with Gasteiger partial charge in [-0.1, -0.05) is 23.3 Å². The number of aromatic nitrogens is 4. The lowest BCUT2D eigenvalue weighted by Gasteiger charge is -2.32. The Balaban J connectivity index is 1.63. The molecule has 1 amide bonds. The molecule has 5 rings (SSSR count). The Hall–Kier alpha value is -3.62. The van der Waals surface area contributed by atoms with E-state index in [0.717, 1.165) is 22.4 Å². The molecule has 130 valence electrons. The molecule has 4 heterocycles. The maximum absolute atomic E-state index is 12.9. The minimum absolute atomic E-state index is 0.147. The SMILES string of the molecule is Nc1nnc(C(=O)N2CCc3[nH]cnc3[C@H]2c2cc3ccccc3o2)o1. The molecule has 0 aliphatic carbocycles. The monoisotopic (exact) mass is 350 g/mol. The van der Waals surface area contributed by atoms with Gasteiger partial charge in [0.05, 0.1) is 12.0 Å². The zero-order chi connectivity index (χ0) is 17.7. The van der Waals surface area contributed by atoms with E-state index in [4.69, 9.17) is 14.6 Å². The molecule has 9 heteroatoms. The first-order valence-corrected chi connectivity index (χ1v) is 8.11. The summed E-state index contributed by atoms with van der Waals surface area (Å²) in [5.74, 6) is 0.0657. The average molecular weight is 350 g/mol. The number of para-hydroxylation sites is 1. The van der Waals surface area contributed by atoms with Crippen molar-refractivity contribution in [3.63, 3.8) is 0 Å². The number of anilines is 1. The Bertz CT molecular complexity index is 1080. The Morgan fingerprint density at radius 3 is 2.96 bits per heavy atom. The lowest BCUT2D eigenvalue weighted by Crippen LogP contribution is -2.40. The Kier molecular flexibility index (Phi) is 3.08. The molecule has 3 aromatic heterocycles. The molecular formula is C17H14N6O3. The third-order valence-electron chi connectivity index (χ3n) is 4.52. The molecule has 26 heavy (non-hydrogen) atoms. The smallest absolute Gasteiger partial charge is 0.313 e. The van der Waals surface area contributed by atoms with Crippen LogP contribution in [0.15, 0.2) is 45.5 Å². The summed E-state index contributed by atoms with van der Waals surface area (Å²) in [6.07, 6.45) is 2.26. The van der Waals surface area contributed by atoms with E-state index in [1.165, 1.54) is 0 Å². The highest BCUT2D eigenvalue weighted by molar-refractivity contribution is 5.90. The zero-order valence-corrected chi connectivity index (χ0v) is 13.5. The molecule has 0 saturated heterocycles. The number of rotatable bonds is 2. The van der Waals surface area contributed by atoms with Crippen molar-refractivity contribution in [2.45, 2.75) is 12.5 Å². The van der Waals surface area contributed by atoms with E-state index in [-0.39, 0.29) is 11.9 Å². The summed E-state index contributed by atoms with van der Waals surface area (Å²) >= 11 is 0. The van der Waals surface area contributed by atoms with Crippen LogP contribution in [0.25, 0.3) is 11.0 Å². The Morgan fingerprint density at radius 1 is 1.27 bits per heavy atom. The Labute approximate surface area is 146 Å². The summed E-state index contributed by atoms with van der Waals surface area (Å²) in [5.41, 5.74) is 7.93. The normalized spacial score (nSPS) is 16.8. The molecule has 1 aliphatic heterocycles. The molecule has 1 aliphatic rings. The number of carbonyl (C=O) groups excluding carboxylic acids is 1. The van der Waals surface area contributed by atoms with Gasteiger partial charge in [0.2, 0.25) is 0 Å². The third kappa shape index (κ3) is 2.17. The van der Waals surface area contributed by atoms with Crippen molar-refractivity contribution in [1.29, 1.82) is 0 Å². The molecule has 9 nitrogen and oxygen atoms in total. The minimum Gasteiger partial charge on any atom is -0.458 e. The fraction of sp³-hybridized carbons (Fsp3) is 0.176. The summed E-state index contributed by atoms with van der Waals surface area (Å²) < 4.78 is 11.1. The number of furan rings is 1. The van der Waals surface area contributed by atoms with Crippen molar-refractivity contribution in [1.82, 2.24) is 25.1 Å². The predicted molar refractivity (Wildman–Crippen MR) is 90.1 cm³/mol. The fourth-order valence-corrected chi connectivity index (χ4v) is 3.36. The van der Waals surface area contributed by atoms with Gasteiger partial charge in [-0.2, -0.15) is 0 Å². The standard InChI is InChI=1S/C17H14N6O3/c18-17-22-21-15(26-17)16(24)23-6-5-10-13(20-8-19-10)14(23)12-7-9-3-1-2-4-11(9)25-12/h1-4,7-8,14H,5-6H2,(H2,18,22)(H,19,20)/t14-/m1/s1. The van der Waals surface area contributed by atoms with Crippen molar-refractivity contribution in [2.24, 2.45) is 0 Å². The molecule has 0 saturated carbocycles. The third-order valence-corrected chi connectivity index (χ3v) is 4.52. The van der Waals surface area contributed by atoms with E-state index < -0.39 is 11.9 Å². The number of nitrogen functional groups attached to an aromatic ring is 1. The van der Waals surface area contributed by atoms with Gasteiger partial charge in [-0.3, -0.25) is 4.79 Å². The van der Waals surface area contributed by atoms with E-state index in [2.05, 4.69) is 20.2 Å². The summed E-state index contributed by atoms with van der Waals surface area (Å²) in [6.45, 7) is 0.456. The fourth-order valence-electron chi connectivity index (χ4n) is 3.36. The van der Waals surface area contributed by atoms with Crippen LogP contribution in [0.2, 0.25) is 0 Å². The molecule has 0 bridgehead atoms. The number of nitrogens with zero attached hydrogens (tertiary/aromatic N) is 4. The highest BCUT2D eigenvalue weighted by Gasteiger charge is 2.38. The first-order valence-electron chi connectivity index (χ1n) is 8.11. The van der Waals surface area contributed by atoms with E-state index in [9.17, 15) is 4.79 Å². The maximum Gasteiger partial charge on any atom is 0.313 e. The van der Waals surface area contributed by atoms with Crippen molar-refractivity contribution in [3.8, 4) is 0 Å². The van der Waals surface area contributed by atoms with Crippen molar-refractivity contribution < 1.29 is 13.6 Å². The predicted octanol–water partition coefficient (Wildman–Crippen LogP) is 1.91. The number of aromatic amines is 1. The van der Waals surface area contributed by atoms with Crippen molar-refractivity contribution >= 4 is 22.9 Å². The number of fused-ring (bicyclic) bond motifs is 2. The van der Waals surface area contributed by atoms with Gasteiger partial charge in [-0.05, 0) is 12.1 Å². The van der Waals surface area contributed by atoms with Crippen LogP contribution in [-0.2, 0) is 6.42 Å². The number of carbonyl (C=O) groups is 1. The molecule has 1 aromatic carbocycles. The molecule has 3 N–H and O–H groups in total. The van der Waals surface area contributed by atoms with E-state index in [0.29, 0.717) is 18.7 Å². The van der Waals surface area contributed by atoms with Crippen LogP contribution in [0.1, 0.15) is 33.9 Å². The van der Waals surface area contributed by atoms with E-state index in [1.54, 1.807) is 11.2 Å². The highest BCUT2D eigenvalue weighted by atomic mass is 16.4. The number of nitrogens with one attached hydrogen (secondary N) is 1. The van der Waals surface area contributed by atoms with Gasteiger partial charge < -0.3 is 24.5 Å². The molecule has 1 atom stereocenters. The largest absolute Gasteiger partial charge is 0.458 e. The van der Waals surface area contributed by atoms with E-state index >= 15 is 0 Å². The highest BCUT2D eigenvalue weighted by Crippen LogP contribution is 2.36. The number of hydrogen-bond donors (Lipinski definition) is 2. The van der Waals surface area contributed by atoms with Crippen LogP contribution in [0.3, 0.4) is 0 Å². The van der Waals surface area contributed by atoms with Crippen LogP contribution in [0, 0.1) is 0 Å². The molecular weight excluding hydrogens is 336 g/mol. The first-order chi connectivity index (χ1) is 12.7. The molecule has 4 aromatic rings. The molecule has 0 radical (unpaired) electrons. The number of hydrogen-bond acceptors (Lipinski definition) is 7. The molecule has 0 fully saturated rings. The number of imidazole rings is 1. The summed E-state index contributed by atoms with van der Waals surface area (Å²) in [6, 6.07) is 8.97. The number of H-pyrrole nitrogens is 1. The average Bonchev–Trinajstić information content (AvgIpc) is 3.38. The summed E-state index contributed by atoms with van der Waals surface area (Å²) in [7, 11) is 0. The summed E-state index contributed by atoms with van der Waals surface area (Å²) in [5, 5.41) is 8.24. The van der Waals surface area contributed by atoms with Gasteiger partial charge in [-0.15, -0.1) is 5.10 Å². The topological polar surface area (TPSA) is 127 Å². The minimum atomic E-state index is -0.488. The van der Waals surface area contributed by atoms with Crippen LogP contribution in [-0.4, -0.2) is 37.5 Å². The quantitative estimate of drug-likeness (QED) is 0.565. The van der Waals surface area contributed by atoms with Crippen LogP contribution in [0.5, 0.6) is 0 Å². The van der Waals surface area contributed by atoms with Crippen LogP contribution >= 0.6 is 0 Å². The zero-order valence-electron chi connectivity index (χ0n) is 13.5. The molecule has 0 unspecified atom stereocenters. The Morgan fingerprint density at radius 2 is 2.15 bits per heavy atom. The molecule has 0 spiro atoms. The summed E-state index contributed by atoms with van der Waals surface area (Å²) in [4.78, 5) is 22.1. The number of benzene rings is 1. The van der Waals surface area contributed by atoms with Gasteiger partial charge in [0.1, 0.15) is 17.4 Å². The van der Waals surface area contributed by atoms with Gasteiger partial charge in [-0.25, -0.2) is 4.98 Å². The lowest BCUT2D eigenvalue weighted by atomic mass is 10.00. The van der Waals surface area contributed by atoms with Crippen molar-refractivity contribution in [2.75, 3.05) is 12.3 Å². The number of nitrogens with two attached hydrogens (primary N) is 1. The van der Waals surface area contributed by atoms with E-state index in [1.807, 2.05) is 30.3 Å². The number of amides is 1. The second kappa shape index (κ2) is 5.45. The van der Waals surface area contributed by atoms with Gasteiger partial charge in [0.15, 0.2) is 0 Å². The first kappa shape index (κ1) is 14.7. The van der Waals surface area contributed by atoms with Crippen LogP contribution < -0.4 is 5.73 Å². The second-order valence-corrected chi connectivity index (χ2v) is 6.05. The van der Waals surface area contributed by atoms with Crippen molar-refractivity contribution in [3.05, 3.63) is 59.7 Å². The maximum atomic E-state index is 12.9.